The monoisotopic (exact) mass is 284 g/mol. The van der Waals surface area contributed by atoms with Crippen molar-refractivity contribution in [3.8, 4) is 10.6 Å². The lowest BCUT2D eigenvalue weighted by Crippen LogP contribution is -2.21. The molecule has 1 fully saturated rings. The zero-order valence-electron chi connectivity index (χ0n) is 11.9. The van der Waals surface area contributed by atoms with Crippen LogP contribution in [0.25, 0.3) is 10.6 Å². The quantitative estimate of drug-likeness (QED) is 0.909. The first-order valence-electron chi connectivity index (χ1n) is 7.62. The Kier molecular flexibility index (Phi) is 3.12. The number of nitrogens with one attached hydrogen (secondary N) is 1. The molecule has 2 aliphatic rings. The highest BCUT2D eigenvalue weighted by Crippen LogP contribution is 2.42. The molecule has 1 N–H and O–H groups in total. The van der Waals surface area contributed by atoms with Gasteiger partial charge in [0.05, 0.1) is 11.7 Å². The van der Waals surface area contributed by atoms with Crippen molar-refractivity contribution < 1.29 is 0 Å². The molecular formula is C17H20N2S. The van der Waals surface area contributed by atoms with Crippen LogP contribution < -0.4 is 5.32 Å². The van der Waals surface area contributed by atoms with Crippen LogP contribution in [0.4, 0.5) is 0 Å². The number of nitrogens with zero attached hydrogens (tertiary/aromatic N) is 1. The van der Waals surface area contributed by atoms with E-state index in [0.717, 1.165) is 5.92 Å². The molecule has 1 unspecified atom stereocenters. The van der Waals surface area contributed by atoms with Gasteiger partial charge in [0.2, 0.25) is 0 Å². The molecule has 2 aromatic rings. The highest BCUT2D eigenvalue weighted by molar-refractivity contribution is 7.15. The van der Waals surface area contributed by atoms with E-state index < -0.39 is 0 Å². The van der Waals surface area contributed by atoms with Gasteiger partial charge in [-0.05, 0) is 56.7 Å². The highest BCUT2D eigenvalue weighted by Gasteiger charge is 2.26. The normalized spacial score (nSPS) is 21.8. The van der Waals surface area contributed by atoms with Crippen molar-refractivity contribution in [2.24, 2.45) is 0 Å². The van der Waals surface area contributed by atoms with Gasteiger partial charge in [0.25, 0.3) is 0 Å². The summed E-state index contributed by atoms with van der Waals surface area (Å²) in [5.41, 5.74) is 4.11. The summed E-state index contributed by atoms with van der Waals surface area (Å²) in [6.07, 6.45) is 6.42. The summed E-state index contributed by atoms with van der Waals surface area (Å²) >= 11 is 1.90. The molecule has 2 nitrogen and oxygen atoms in total. The Balaban J connectivity index is 1.72. The van der Waals surface area contributed by atoms with Gasteiger partial charge < -0.3 is 5.32 Å². The first-order chi connectivity index (χ1) is 9.85. The minimum atomic E-state index is 0.454. The maximum atomic E-state index is 4.95. The van der Waals surface area contributed by atoms with Crippen LogP contribution in [0, 0.1) is 0 Å². The summed E-state index contributed by atoms with van der Waals surface area (Å²) in [5, 5.41) is 4.62. The van der Waals surface area contributed by atoms with Gasteiger partial charge in [-0.1, -0.05) is 18.2 Å². The number of hydrogen-bond acceptors (Lipinski definition) is 3. The Morgan fingerprint density at radius 2 is 2.15 bits per heavy atom. The Hall–Kier alpha value is -1.19. The molecule has 0 saturated heterocycles. The van der Waals surface area contributed by atoms with Crippen molar-refractivity contribution in [1.82, 2.24) is 10.3 Å². The van der Waals surface area contributed by atoms with E-state index in [1.54, 1.807) is 0 Å². The molecule has 0 bridgehead atoms. The minimum absolute atomic E-state index is 0.454. The molecule has 1 heterocycles. The zero-order chi connectivity index (χ0) is 13.5. The summed E-state index contributed by atoms with van der Waals surface area (Å²) in [6, 6.07) is 9.49. The average Bonchev–Trinajstić information content (AvgIpc) is 3.25. The molecule has 3 heteroatoms. The maximum Gasteiger partial charge on any atom is 0.123 e. The largest absolute Gasteiger partial charge is 0.312 e. The summed E-state index contributed by atoms with van der Waals surface area (Å²) in [7, 11) is 2.05. The summed E-state index contributed by atoms with van der Waals surface area (Å²) < 4.78 is 0. The van der Waals surface area contributed by atoms with Crippen molar-refractivity contribution in [2.75, 3.05) is 7.05 Å². The highest BCUT2D eigenvalue weighted by atomic mass is 32.1. The molecule has 0 amide bonds. The minimum Gasteiger partial charge on any atom is -0.312 e. The third-order valence-electron chi connectivity index (χ3n) is 4.49. The fourth-order valence-corrected chi connectivity index (χ4v) is 4.33. The number of hydrogen-bond donors (Lipinski definition) is 1. The van der Waals surface area contributed by atoms with E-state index in [4.69, 9.17) is 4.98 Å². The Morgan fingerprint density at radius 1 is 1.25 bits per heavy atom. The van der Waals surface area contributed by atoms with Crippen molar-refractivity contribution in [3.63, 3.8) is 0 Å². The third kappa shape index (κ3) is 2.19. The van der Waals surface area contributed by atoms with E-state index in [9.17, 15) is 0 Å². The standard InChI is InChI=1S/C17H20N2S/c1-18-14-6-3-7-15-16(14)19-17(20-15)13-5-2-4-12(10-13)11-8-9-11/h2,4-5,10-11,14,18H,3,6-9H2,1H3. The molecule has 0 spiro atoms. The second kappa shape index (κ2) is 4.97. The SMILES string of the molecule is CNC1CCCc2sc(-c3cccc(C4CC4)c3)nc21. The molecule has 1 atom stereocenters. The Labute approximate surface area is 124 Å². The van der Waals surface area contributed by atoms with Gasteiger partial charge in [0, 0.05) is 10.4 Å². The third-order valence-corrected chi connectivity index (χ3v) is 5.67. The van der Waals surface area contributed by atoms with Crippen LogP contribution in [0.15, 0.2) is 24.3 Å². The van der Waals surface area contributed by atoms with Crippen molar-refractivity contribution in [2.45, 2.75) is 44.1 Å². The fourth-order valence-electron chi connectivity index (χ4n) is 3.17. The van der Waals surface area contributed by atoms with Crippen LogP contribution in [0.2, 0.25) is 0 Å². The van der Waals surface area contributed by atoms with Gasteiger partial charge in [-0.25, -0.2) is 4.98 Å². The van der Waals surface area contributed by atoms with Gasteiger partial charge in [-0.15, -0.1) is 11.3 Å². The van der Waals surface area contributed by atoms with E-state index in [1.807, 2.05) is 18.4 Å². The first kappa shape index (κ1) is 12.5. The topological polar surface area (TPSA) is 24.9 Å². The van der Waals surface area contributed by atoms with E-state index >= 15 is 0 Å². The molecular weight excluding hydrogens is 264 g/mol. The summed E-state index contributed by atoms with van der Waals surface area (Å²) in [4.78, 5) is 6.44. The lowest BCUT2D eigenvalue weighted by atomic mass is 9.98. The maximum absolute atomic E-state index is 4.95. The Morgan fingerprint density at radius 3 is 2.95 bits per heavy atom. The van der Waals surface area contributed by atoms with E-state index in [2.05, 4.69) is 29.6 Å². The van der Waals surface area contributed by atoms with Crippen LogP contribution in [0.1, 0.15) is 53.8 Å². The lowest BCUT2D eigenvalue weighted by Gasteiger charge is -2.19. The number of aromatic nitrogens is 1. The average molecular weight is 284 g/mol. The van der Waals surface area contributed by atoms with Crippen molar-refractivity contribution in [1.29, 1.82) is 0 Å². The second-order valence-corrected chi connectivity index (χ2v) is 7.04. The molecule has 104 valence electrons. The van der Waals surface area contributed by atoms with Crippen LogP contribution in [0.3, 0.4) is 0 Å². The van der Waals surface area contributed by atoms with E-state index in [-0.39, 0.29) is 0 Å². The number of fused-ring (bicyclic) bond motifs is 1. The van der Waals surface area contributed by atoms with Crippen LogP contribution >= 0.6 is 11.3 Å². The van der Waals surface area contributed by atoms with Crippen molar-refractivity contribution >= 4 is 11.3 Å². The molecule has 20 heavy (non-hydrogen) atoms. The predicted molar refractivity (Wildman–Crippen MR) is 84.3 cm³/mol. The number of benzene rings is 1. The molecule has 0 aliphatic heterocycles. The van der Waals surface area contributed by atoms with Gasteiger partial charge >= 0.3 is 0 Å². The number of thiazole rings is 1. The van der Waals surface area contributed by atoms with Gasteiger partial charge in [-0.3, -0.25) is 0 Å². The zero-order valence-corrected chi connectivity index (χ0v) is 12.7. The number of aryl methyl sites for hydroxylation is 1. The molecule has 0 radical (unpaired) electrons. The predicted octanol–water partition coefficient (Wildman–Crippen LogP) is 4.28. The van der Waals surface area contributed by atoms with Crippen molar-refractivity contribution in [3.05, 3.63) is 40.4 Å². The van der Waals surface area contributed by atoms with Gasteiger partial charge in [-0.2, -0.15) is 0 Å². The Bertz CT molecular complexity index is 628. The molecule has 1 saturated carbocycles. The smallest absolute Gasteiger partial charge is 0.123 e. The molecule has 1 aromatic heterocycles. The van der Waals surface area contributed by atoms with Crippen LogP contribution in [-0.4, -0.2) is 12.0 Å². The molecule has 2 aliphatic carbocycles. The van der Waals surface area contributed by atoms with Gasteiger partial charge in [0.15, 0.2) is 0 Å². The lowest BCUT2D eigenvalue weighted by molar-refractivity contribution is 0.490. The van der Waals surface area contributed by atoms with E-state index in [0.29, 0.717) is 6.04 Å². The summed E-state index contributed by atoms with van der Waals surface area (Å²) in [5.74, 6) is 0.814. The molecule has 4 rings (SSSR count). The first-order valence-corrected chi connectivity index (χ1v) is 8.44. The van der Waals surface area contributed by atoms with Gasteiger partial charge in [0.1, 0.15) is 5.01 Å². The van der Waals surface area contributed by atoms with Crippen LogP contribution in [-0.2, 0) is 6.42 Å². The van der Waals surface area contributed by atoms with E-state index in [1.165, 1.54) is 58.8 Å². The molecule has 1 aromatic carbocycles. The number of rotatable bonds is 3. The fraction of sp³-hybridized carbons (Fsp3) is 0.471. The summed E-state index contributed by atoms with van der Waals surface area (Å²) in [6.45, 7) is 0. The second-order valence-electron chi connectivity index (χ2n) is 5.96. The van der Waals surface area contributed by atoms with Crippen LogP contribution in [0.5, 0.6) is 0 Å².